The van der Waals surface area contributed by atoms with E-state index in [-0.39, 0.29) is 24.0 Å². The highest BCUT2D eigenvalue weighted by atomic mass is 16.5. The zero-order valence-corrected chi connectivity index (χ0v) is 10.6. The fraction of sp³-hybridized carbons (Fsp3) is 0.833. The minimum absolute atomic E-state index is 0.0104. The Morgan fingerprint density at radius 1 is 1.35 bits per heavy atom. The Morgan fingerprint density at radius 2 is 2.06 bits per heavy atom. The van der Waals surface area contributed by atoms with Crippen LogP contribution in [0.15, 0.2) is 0 Å². The molecular formula is C12H20N2O3. The summed E-state index contributed by atoms with van der Waals surface area (Å²) in [5, 5.41) is 2.68. The van der Waals surface area contributed by atoms with Crippen molar-refractivity contribution < 1.29 is 14.3 Å². The number of carbonyl (C=O) groups excluding carboxylic acids is 2. The molecule has 5 nitrogen and oxygen atoms in total. The molecule has 0 aromatic carbocycles. The maximum atomic E-state index is 12.0. The van der Waals surface area contributed by atoms with Crippen LogP contribution in [0.5, 0.6) is 0 Å². The lowest BCUT2D eigenvalue weighted by Crippen LogP contribution is -2.62. The molecule has 0 aromatic heterocycles. The average molecular weight is 240 g/mol. The molecule has 96 valence electrons. The molecule has 0 aliphatic carbocycles. The first-order valence-corrected chi connectivity index (χ1v) is 6.23. The smallest absolute Gasteiger partial charge is 0.245 e. The lowest BCUT2D eigenvalue weighted by molar-refractivity contribution is -0.149. The van der Waals surface area contributed by atoms with Crippen LogP contribution in [0.1, 0.15) is 27.2 Å². The van der Waals surface area contributed by atoms with Crippen LogP contribution in [0.4, 0.5) is 0 Å². The number of rotatable bonds is 2. The monoisotopic (exact) mass is 240 g/mol. The van der Waals surface area contributed by atoms with Gasteiger partial charge in [0, 0.05) is 19.1 Å². The van der Waals surface area contributed by atoms with Crippen LogP contribution in [0, 0.1) is 5.92 Å². The molecule has 17 heavy (non-hydrogen) atoms. The van der Waals surface area contributed by atoms with Gasteiger partial charge < -0.3 is 15.0 Å². The van der Waals surface area contributed by atoms with Gasteiger partial charge in [0.2, 0.25) is 11.8 Å². The summed E-state index contributed by atoms with van der Waals surface area (Å²) in [6, 6.07) is -0.775. The number of nitrogens with one attached hydrogen (secondary N) is 1. The van der Waals surface area contributed by atoms with Gasteiger partial charge in [-0.2, -0.15) is 0 Å². The van der Waals surface area contributed by atoms with Gasteiger partial charge in [0.15, 0.2) is 0 Å². The van der Waals surface area contributed by atoms with Crippen LogP contribution in [0.25, 0.3) is 0 Å². The largest absolute Gasteiger partial charge is 0.378 e. The van der Waals surface area contributed by atoms with E-state index >= 15 is 0 Å². The molecule has 2 amide bonds. The summed E-state index contributed by atoms with van der Waals surface area (Å²) in [5.74, 6) is 0.291. The fourth-order valence-corrected chi connectivity index (χ4v) is 2.49. The quantitative estimate of drug-likeness (QED) is 0.747. The Morgan fingerprint density at radius 3 is 2.65 bits per heavy atom. The summed E-state index contributed by atoms with van der Waals surface area (Å²) in [5.41, 5.74) is 0. The molecule has 0 radical (unpaired) electrons. The molecule has 1 N–H and O–H groups in total. The lowest BCUT2D eigenvalue weighted by Gasteiger charge is -2.37. The van der Waals surface area contributed by atoms with Gasteiger partial charge in [-0.05, 0) is 27.2 Å². The molecule has 2 aliphatic rings. The van der Waals surface area contributed by atoms with E-state index in [4.69, 9.17) is 4.74 Å². The van der Waals surface area contributed by atoms with Crippen LogP contribution in [0.2, 0.25) is 0 Å². The lowest BCUT2D eigenvalue weighted by atomic mass is 9.99. The Hall–Kier alpha value is -1.10. The topological polar surface area (TPSA) is 58.6 Å². The molecule has 2 saturated heterocycles. The molecule has 0 aromatic rings. The van der Waals surface area contributed by atoms with Gasteiger partial charge in [-0.15, -0.1) is 0 Å². The first-order valence-electron chi connectivity index (χ1n) is 6.23. The predicted molar refractivity (Wildman–Crippen MR) is 62.3 cm³/mol. The highest BCUT2D eigenvalue weighted by molar-refractivity contribution is 5.96. The second-order valence-electron chi connectivity index (χ2n) is 5.02. The molecule has 2 aliphatic heterocycles. The molecule has 2 rings (SSSR count). The van der Waals surface area contributed by atoms with E-state index in [9.17, 15) is 9.59 Å². The Labute approximate surface area is 101 Å². The van der Waals surface area contributed by atoms with Crippen molar-refractivity contribution in [3.8, 4) is 0 Å². The maximum absolute atomic E-state index is 12.0. The minimum Gasteiger partial charge on any atom is -0.378 e. The second kappa shape index (κ2) is 4.64. The average Bonchev–Trinajstić information content (AvgIpc) is 2.68. The third-order valence-electron chi connectivity index (χ3n) is 3.82. The summed E-state index contributed by atoms with van der Waals surface area (Å²) in [4.78, 5) is 25.4. The second-order valence-corrected chi connectivity index (χ2v) is 5.02. The van der Waals surface area contributed by atoms with Crippen molar-refractivity contribution in [3.63, 3.8) is 0 Å². The van der Waals surface area contributed by atoms with Gasteiger partial charge in [-0.25, -0.2) is 0 Å². The van der Waals surface area contributed by atoms with Gasteiger partial charge in [0.25, 0.3) is 0 Å². The number of amides is 2. The number of hydrogen-bond donors (Lipinski definition) is 1. The van der Waals surface area contributed by atoms with Crippen LogP contribution in [-0.2, 0) is 14.3 Å². The molecule has 0 bridgehead atoms. The van der Waals surface area contributed by atoms with Gasteiger partial charge in [0.05, 0.1) is 6.10 Å². The number of ether oxygens (including phenoxy) is 1. The minimum atomic E-state index is -0.406. The maximum Gasteiger partial charge on any atom is 0.245 e. The summed E-state index contributed by atoms with van der Waals surface area (Å²) in [7, 11) is 0. The van der Waals surface area contributed by atoms with Crippen molar-refractivity contribution in [2.24, 2.45) is 5.92 Å². The van der Waals surface area contributed by atoms with Gasteiger partial charge >= 0.3 is 0 Å². The van der Waals surface area contributed by atoms with E-state index in [0.717, 1.165) is 13.0 Å². The Bertz CT molecular complexity index is 332. The van der Waals surface area contributed by atoms with E-state index in [1.54, 1.807) is 18.7 Å². The first kappa shape index (κ1) is 12.4. The fourth-order valence-electron chi connectivity index (χ4n) is 2.49. The molecule has 4 unspecified atom stereocenters. The molecule has 2 fully saturated rings. The summed E-state index contributed by atoms with van der Waals surface area (Å²) in [6.07, 6.45) is 1.14. The Balaban J connectivity index is 2.06. The first-order chi connectivity index (χ1) is 8.00. The van der Waals surface area contributed by atoms with Crippen molar-refractivity contribution in [1.29, 1.82) is 0 Å². The normalized spacial score (nSPS) is 38.4. The van der Waals surface area contributed by atoms with Crippen LogP contribution in [-0.4, -0.2) is 48.1 Å². The number of carbonyl (C=O) groups is 2. The number of hydrogen-bond acceptors (Lipinski definition) is 3. The van der Waals surface area contributed by atoms with Crippen molar-refractivity contribution in [3.05, 3.63) is 0 Å². The molecule has 0 spiro atoms. The Kier molecular flexibility index (Phi) is 3.38. The zero-order valence-electron chi connectivity index (χ0n) is 10.6. The van der Waals surface area contributed by atoms with E-state index < -0.39 is 6.04 Å². The highest BCUT2D eigenvalue weighted by Gasteiger charge is 2.38. The summed E-state index contributed by atoms with van der Waals surface area (Å²) in [6.45, 7) is 6.91. The van der Waals surface area contributed by atoms with E-state index in [1.807, 2.05) is 6.92 Å². The predicted octanol–water partition coefficient (Wildman–Crippen LogP) is 0.147. The third kappa shape index (κ3) is 2.29. The van der Waals surface area contributed by atoms with Crippen LogP contribution in [0.3, 0.4) is 0 Å². The van der Waals surface area contributed by atoms with Gasteiger partial charge in [-0.3, -0.25) is 9.59 Å². The number of piperazine rings is 1. The molecular weight excluding hydrogens is 220 g/mol. The molecule has 5 heteroatoms. The van der Waals surface area contributed by atoms with E-state index in [0.29, 0.717) is 12.5 Å². The van der Waals surface area contributed by atoms with Gasteiger partial charge in [0.1, 0.15) is 12.1 Å². The number of nitrogens with zero attached hydrogens (tertiary/aromatic N) is 1. The van der Waals surface area contributed by atoms with Crippen molar-refractivity contribution in [1.82, 2.24) is 10.2 Å². The molecule has 4 atom stereocenters. The standard InChI is InChI=1S/C12H20N2O3/c1-7-12(16)14(8(2)11(15)13-7)6-10-4-5-17-9(10)3/h7-10H,4-6H2,1-3H3,(H,13,15). The van der Waals surface area contributed by atoms with Crippen molar-refractivity contribution in [2.45, 2.75) is 45.4 Å². The molecule has 2 heterocycles. The van der Waals surface area contributed by atoms with Crippen molar-refractivity contribution in [2.75, 3.05) is 13.2 Å². The highest BCUT2D eigenvalue weighted by Crippen LogP contribution is 2.23. The summed E-state index contributed by atoms with van der Waals surface area (Å²) >= 11 is 0. The summed E-state index contributed by atoms with van der Waals surface area (Å²) < 4.78 is 5.49. The zero-order chi connectivity index (χ0) is 12.6. The van der Waals surface area contributed by atoms with Crippen LogP contribution < -0.4 is 5.32 Å². The van der Waals surface area contributed by atoms with E-state index in [1.165, 1.54) is 0 Å². The van der Waals surface area contributed by atoms with Crippen LogP contribution >= 0.6 is 0 Å². The SMILES string of the molecule is CC1NC(=O)C(C)N(CC2CCOC2C)C1=O. The molecule has 0 saturated carbocycles. The van der Waals surface area contributed by atoms with E-state index in [2.05, 4.69) is 5.32 Å². The third-order valence-corrected chi connectivity index (χ3v) is 3.82. The van der Waals surface area contributed by atoms with Gasteiger partial charge in [-0.1, -0.05) is 0 Å². The van der Waals surface area contributed by atoms with Crippen molar-refractivity contribution >= 4 is 11.8 Å².